The van der Waals surface area contributed by atoms with E-state index in [4.69, 9.17) is 4.74 Å². The van der Waals surface area contributed by atoms with Crippen molar-refractivity contribution in [3.63, 3.8) is 0 Å². The van der Waals surface area contributed by atoms with E-state index in [1.54, 1.807) is 0 Å². The monoisotopic (exact) mass is 166 g/mol. The minimum absolute atomic E-state index is 0.0671. The van der Waals surface area contributed by atoms with Gasteiger partial charge in [0.15, 0.2) is 0 Å². The van der Waals surface area contributed by atoms with E-state index >= 15 is 0 Å². The van der Waals surface area contributed by atoms with Crippen LogP contribution >= 0.6 is 0 Å². The fourth-order valence-electron chi connectivity index (χ4n) is 2.69. The van der Waals surface area contributed by atoms with Crippen molar-refractivity contribution in [1.82, 2.24) is 0 Å². The van der Waals surface area contributed by atoms with Gasteiger partial charge in [0.1, 0.15) is 0 Å². The van der Waals surface area contributed by atoms with E-state index in [2.05, 4.69) is 33.8 Å². The second kappa shape index (κ2) is 2.14. The van der Waals surface area contributed by atoms with E-state index < -0.39 is 0 Å². The first-order chi connectivity index (χ1) is 5.46. The lowest BCUT2D eigenvalue weighted by Gasteiger charge is -2.40. The summed E-state index contributed by atoms with van der Waals surface area (Å²) in [6.45, 7) is 9.04. The summed E-state index contributed by atoms with van der Waals surface area (Å²) in [5.41, 5.74) is 1.77. The van der Waals surface area contributed by atoms with Gasteiger partial charge in [-0.3, -0.25) is 0 Å². The molecule has 0 N–H and O–H groups in total. The quantitative estimate of drug-likeness (QED) is 0.503. The van der Waals surface area contributed by atoms with Crippen LogP contribution in [0.25, 0.3) is 0 Å². The van der Waals surface area contributed by atoms with Gasteiger partial charge in [-0.15, -0.1) is 0 Å². The molecular formula is C11H18O. The number of hydrogen-bond donors (Lipinski definition) is 0. The lowest BCUT2D eigenvalue weighted by Crippen LogP contribution is -2.41. The summed E-state index contributed by atoms with van der Waals surface area (Å²) in [7, 11) is 0. The maximum Gasteiger partial charge on any atom is 0.0946 e. The van der Waals surface area contributed by atoms with E-state index in [0.29, 0.717) is 6.10 Å². The lowest BCUT2D eigenvalue weighted by molar-refractivity contribution is -0.0511. The number of rotatable bonds is 0. The van der Waals surface area contributed by atoms with Crippen molar-refractivity contribution < 1.29 is 4.74 Å². The van der Waals surface area contributed by atoms with Crippen LogP contribution in [0.4, 0.5) is 0 Å². The van der Waals surface area contributed by atoms with Gasteiger partial charge in [-0.2, -0.15) is 0 Å². The van der Waals surface area contributed by atoms with E-state index in [-0.39, 0.29) is 11.0 Å². The SMILES string of the molecule is CC1=CC2CCC1(C(C)(C)C)O2. The smallest absolute Gasteiger partial charge is 0.0946 e. The van der Waals surface area contributed by atoms with Crippen molar-refractivity contribution in [3.05, 3.63) is 11.6 Å². The fraction of sp³-hybridized carbons (Fsp3) is 0.818. The third-order valence-electron chi connectivity index (χ3n) is 3.42. The van der Waals surface area contributed by atoms with Crippen LogP contribution in [0.1, 0.15) is 40.5 Å². The first-order valence-electron chi connectivity index (χ1n) is 4.82. The molecule has 0 amide bonds. The molecule has 0 aromatic rings. The van der Waals surface area contributed by atoms with Crippen LogP contribution < -0.4 is 0 Å². The van der Waals surface area contributed by atoms with Gasteiger partial charge in [-0.1, -0.05) is 26.8 Å². The molecule has 0 aromatic heterocycles. The van der Waals surface area contributed by atoms with E-state index in [9.17, 15) is 0 Å². The highest BCUT2D eigenvalue weighted by Gasteiger charge is 2.53. The van der Waals surface area contributed by atoms with Crippen molar-refractivity contribution >= 4 is 0 Å². The summed E-state index contributed by atoms with van der Waals surface area (Å²) in [5.74, 6) is 0. The zero-order valence-corrected chi connectivity index (χ0v) is 8.48. The molecule has 2 rings (SSSR count). The maximum atomic E-state index is 6.04. The Morgan fingerprint density at radius 2 is 2.17 bits per heavy atom. The highest BCUT2D eigenvalue weighted by Crippen LogP contribution is 2.52. The van der Waals surface area contributed by atoms with E-state index in [1.165, 1.54) is 18.4 Å². The Hall–Kier alpha value is -0.300. The summed E-state index contributed by atoms with van der Waals surface area (Å²) >= 11 is 0. The molecule has 2 aliphatic heterocycles. The first-order valence-corrected chi connectivity index (χ1v) is 4.82. The zero-order chi connectivity index (χ0) is 8.98. The van der Waals surface area contributed by atoms with Crippen molar-refractivity contribution in [2.45, 2.75) is 52.2 Å². The molecular weight excluding hydrogens is 148 g/mol. The van der Waals surface area contributed by atoms with E-state index in [1.807, 2.05) is 0 Å². The van der Waals surface area contributed by atoms with Gasteiger partial charge in [0.05, 0.1) is 11.7 Å². The van der Waals surface area contributed by atoms with Gasteiger partial charge in [-0.25, -0.2) is 0 Å². The van der Waals surface area contributed by atoms with Crippen LogP contribution in [0.2, 0.25) is 0 Å². The van der Waals surface area contributed by atoms with Crippen molar-refractivity contribution in [1.29, 1.82) is 0 Å². The predicted octanol–water partition coefficient (Wildman–Crippen LogP) is 2.91. The third kappa shape index (κ3) is 0.832. The summed E-state index contributed by atoms with van der Waals surface area (Å²) in [6, 6.07) is 0. The van der Waals surface area contributed by atoms with Crippen LogP contribution in [-0.2, 0) is 4.74 Å². The molecule has 1 saturated heterocycles. The summed E-state index contributed by atoms with van der Waals surface area (Å²) in [6.07, 6.45) is 5.15. The van der Waals surface area contributed by atoms with Gasteiger partial charge >= 0.3 is 0 Å². The molecule has 12 heavy (non-hydrogen) atoms. The molecule has 0 aliphatic carbocycles. The standard InChI is InChI=1S/C11H18O/c1-8-7-9-5-6-11(8,12-9)10(2,3)4/h7,9H,5-6H2,1-4H3. The molecule has 0 spiro atoms. The van der Waals surface area contributed by atoms with Gasteiger partial charge < -0.3 is 4.74 Å². The topological polar surface area (TPSA) is 9.23 Å². The number of hydrogen-bond acceptors (Lipinski definition) is 1. The zero-order valence-electron chi connectivity index (χ0n) is 8.48. The Labute approximate surface area is 74.8 Å². The first kappa shape index (κ1) is 8.31. The van der Waals surface area contributed by atoms with E-state index in [0.717, 1.165) is 0 Å². The largest absolute Gasteiger partial charge is 0.363 e. The van der Waals surface area contributed by atoms with Gasteiger partial charge in [-0.05, 0) is 30.8 Å². The molecule has 2 atom stereocenters. The second-order valence-corrected chi connectivity index (χ2v) is 5.12. The lowest BCUT2D eigenvalue weighted by atomic mass is 9.69. The molecule has 0 saturated carbocycles. The van der Waals surface area contributed by atoms with Crippen LogP contribution in [0.15, 0.2) is 11.6 Å². The Bertz CT molecular complexity index is 234. The minimum atomic E-state index is 0.0671. The Morgan fingerprint density at radius 1 is 1.50 bits per heavy atom. The molecule has 1 heteroatoms. The van der Waals surface area contributed by atoms with Crippen molar-refractivity contribution in [2.24, 2.45) is 5.41 Å². The highest BCUT2D eigenvalue weighted by atomic mass is 16.5. The Balaban J connectivity index is 2.39. The Kier molecular flexibility index (Phi) is 1.48. The van der Waals surface area contributed by atoms with Gasteiger partial charge in [0.2, 0.25) is 0 Å². The molecule has 2 aliphatic rings. The minimum Gasteiger partial charge on any atom is -0.363 e. The average Bonchev–Trinajstić information content (AvgIpc) is 2.41. The van der Waals surface area contributed by atoms with Crippen LogP contribution in [0, 0.1) is 5.41 Å². The molecule has 2 heterocycles. The molecule has 0 radical (unpaired) electrons. The molecule has 1 nitrogen and oxygen atoms in total. The molecule has 2 bridgehead atoms. The second-order valence-electron chi connectivity index (χ2n) is 5.12. The molecule has 2 unspecified atom stereocenters. The fourth-order valence-corrected chi connectivity index (χ4v) is 2.69. The Morgan fingerprint density at radius 3 is 2.42 bits per heavy atom. The number of ether oxygens (including phenoxy) is 1. The van der Waals surface area contributed by atoms with Crippen LogP contribution in [0.3, 0.4) is 0 Å². The molecule has 0 aromatic carbocycles. The van der Waals surface area contributed by atoms with Crippen LogP contribution in [0.5, 0.6) is 0 Å². The maximum absolute atomic E-state index is 6.04. The molecule has 1 fully saturated rings. The number of fused-ring (bicyclic) bond motifs is 2. The summed E-state index contributed by atoms with van der Waals surface area (Å²) in [5, 5.41) is 0. The predicted molar refractivity (Wildman–Crippen MR) is 50.1 cm³/mol. The van der Waals surface area contributed by atoms with Gasteiger partial charge in [0.25, 0.3) is 0 Å². The summed E-state index contributed by atoms with van der Waals surface area (Å²) < 4.78 is 6.04. The van der Waals surface area contributed by atoms with Crippen molar-refractivity contribution in [2.75, 3.05) is 0 Å². The van der Waals surface area contributed by atoms with Gasteiger partial charge in [0, 0.05) is 0 Å². The normalized spacial score (nSPS) is 40.3. The highest BCUT2D eigenvalue weighted by molar-refractivity contribution is 5.29. The average molecular weight is 166 g/mol. The van der Waals surface area contributed by atoms with Crippen LogP contribution in [-0.4, -0.2) is 11.7 Å². The van der Waals surface area contributed by atoms with Crippen molar-refractivity contribution in [3.8, 4) is 0 Å². The third-order valence-corrected chi connectivity index (χ3v) is 3.42. The summed E-state index contributed by atoms with van der Waals surface area (Å²) in [4.78, 5) is 0. The molecule has 68 valence electrons.